The van der Waals surface area contributed by atoms with Crippen molar-refractivity contribution < 1.29 is 4.74 Å². The van der Waals surface area contributed by atoms with Crippen LogP contribution in [-0.4, -0.2) is 32.8 Å². The van der Waals surface area contributed by atoms with Crippen molar-refractivity contribution in [3.05, 3.63) is 29.3 Å². The Morgan fingerprint density at radius 1 is 1.25 bits per heavy atom. The zero-order valence-electron chi connectivity index (χ0n) is 13.1. The van der Waals surface area contributed by atoms with Gasteiger partial charge >= 0.3 is 0 Å². The molecule has 1 N–H and O–H groups in total. The van der Waals surface area contributed by atoms with Gasteiger partial charge in [-0.3, -0.25) is 0 Å². The summed E-state index contributed by atoms with van der Waals surface area (Å²) in [6.45, 7) is 12.5. The number of anilines is 1. The minimum atomic E-state index is 0.690. The van der Waals surface area contributed by atoms with Gasteiger partial charge in [0.15, 0.2) is 0 Å². The molecule has 0 atom stereocenters. The second kappa shape index (κ2) is 7.65. The van der Waals surface area contributed by atoms with Crippen molar-refractivity contribution in [2.45, 2.75) is 33.7 Å². The third kappa shape index (κ3) is 4.50. The molecule has 3 nitrogen and oxygen atoms in total. The summed E-state index contributed by atoms with van der Waals surface area (Å²) in [5, 5.41) is 3.57. The second-order valence-electron chi connectivity index (χ2n) is 6.11. The smallest absolute Gasteiger partial charge is 0.0641 e. The van der Waals surface area contributed by atoms with Gasteiger partial charge in [-0.2, -0.15) is 0 Å². The number of hydrogen-bond donors (Lipinski definition) is 1. The van der Waals surface area contributed by atoms with Gasteiger partial charge in [0.25, 0.3) is 0 Å². The number of rotatable bonds is 5. The molecule has 3 heteroatoms. The van der Waals surface area contributed by atoms with Gasteiger partial charge in [0, 0.05) is 31.9 Å². The summed E-state index contributed by atoms with van der Waals surface area (Å²) in [5.74, 6) is 0.690. The van der Waals surface area contributed by atoms with Crippen LogP contribution >= 0.6 is 0 Å². The van der Waals surface area contributed by atoms with Gasteiger partial charge < -0.3 is 15.0 Å². The SMILES string of the molecule is Cc1ccc(N2CCCOCC2)c(CNCC(C)C)c1. The van der Waals surface area contributed by atoms with Crippen LogP contribution in [0.2, 0.25) is 0 Å². The van der Waals surface area contributed by atoms with Crippen molar-refractivity contribution in [1.82, 2.24) is 5.32 Å². The average Bonchev–Trinajstić information content (AvgIpc) is 2.67. The molecule has 0 unspecified atom stereocenters. The summed E-state index contributed by atoms with van der Waals surface area (Å²) in [6.07, 6.45) is 1.12. The molecule has 20 heavy (non-hydrogen) atoms. The number of benzene rings is 1. The summed E-state index contributed by atoms with van der Waals surface area (Å²) in [7, 11) is 0. The molecule has 1 fully saturated rings. The van der Waals surface area contributed by atoms with Crippen molar-refractivity contribution in [3.63, 3.8) is 0 Å². The van der Waals surface area contributed by atoms with E-state index in [1.807, 2.05) is 0 Å². The lowest BCUT2D eigenvalue weighted by atomic mass is 10.1. The van der Waals surface area contributed by atoms with Crippen LogP contribution in [-0.2, 0) is 11.3 Å². The predicted molar refractivity (Wildman–Crippen MR) is 85.4 cm³/mol. The van der Waals surface area contributed by atoms with Gasteiger partial charge in [0.2, 0.25) is 0 Å². The van der Waals surface area contributed by atoms with E-state index in [0.29, 0.717) is 5.92 Å². The summed E-state index contributed by atoms with van der Waals surface area (Å²) in [5.41, 5.74) is 4.12. The highest BCUT2D eigenvalue weighted by atomic mass is 16.5. The number of aryl methyl sites for hydroxylation is 1. The molecule has 0 spiro atoms. The molecule has 0 amide bonds. The summed E-state index contributed by atoms with van der Waals surface area (Å²) < 4.78 is 5.57. The molecule has 1 saturated heterocycles. The van der Waals surface area contributed by atoms with E-state index in [0.717, 1.165) is 45.8 Å². The molecular weight excluding hydrogens is 248 g/mol. The topological polar surface area (TPSA) is 24.5 Å². The van der Waals surface area contributed by atoms with Gasteiger partial charge in [-0.15, -0.1) is 0 Å². The monoisotopic (exact) mass is 276 g/mol. The Morgan fingerprint density at radius 2 is 2.10 bits per heavy atom. The Labute approximate surface area is 123 Å². The van der Waals surface area contributed by atoms with Crippen molar-refractivity contribution in [3.8, 4) is 0 Å². The Balaban J connectivity index is 2.09. The summed E-state index contributed by atoms with van der Waals surface area (Å²) in [4.78, 5) is 2.47. The number of nitrogens with one attached hydrogen (secondary N) is 1. The maximum absolute atomic E-state index is 5.57. The predicted octanol–water partition coefficient (Wildman–Crippen LogP) is 2.97. The minimum absolute atomic E-state index is 0.690. The first-order valence-corrected chi connectivity index (χ1v) is 7.80. The molecule has 2 rings (SSSR count). The molecule has 0 radical (unpaired) electrons. The number of hydrogen-bond acceptors (Lipinski definition) is 3. The molecular formula is C17H28N2O. The highest BCUT2D eigenvalue weighted by Crippen LogP contribution is 2.23. The fourth-order valence-electron chi connectivity index (χ4n) is 2.65. The molecule has 1 aromatic carbocycles. The van der Waals surface area contributed by atoms with Crippen molar-refractivity contribution in [2.24, 2.45) is 5.92 Å². The van der Waals surface area contributed by atoms with Crippen LogP contribution in [0.25, 0.3) is 0 Å². The van der Waals surface area contributed by atoms with Crippen LogP contribution in [0, 0.1) is 12.8 Å². The van der Waals surface area contributed by atoms with E-state index in [9.17, 15) is 0 Å². The van der Waals surface area contributed by atoms with Gasteiger partial charge in [0.05, 0.1) is 6.61 Å². The van der Waals surface area contributed by atoms with E-state index in [1.54, 1.807) is 0 Å². The van der Waals surface area contributed by atoms with Crippen molar-refractivity contribution in [2.75, 3.05) is 37.7 Å². The molecule has 0 aromatic heterocycles. The van der Waals surface area contributed by atoms with Gasteiger partial charge in [-0.05, 0) is 37.4 Å². The van der Waals surface area contributed by atoms with E-state index in [-0.39, 0.29) is 0 Å². The van der Waals surface area contributed by atoms with Crippen LogP contribution in [0.15, 0.2) is 18.2 Å². The molecule has 1 aromatic rings. The minimum Gasteiger partial charge on any atom is -0.380 e. The third-order valence-corrected chi connectivity index (χ3v) is 3.67. The maximum atomic E-state index is 5.57. The van der Waals surface area contributed by atoms with Crippen molar-refractivity contribution >= 4 is 5.69 Å². The van der Waals surface area contributed by atoms with Crippen LogP contribution in [0.1, 0.15) is 31.4 Å². The first-order valence-electron chi connectivity index (χ1n) is 7.80. The lowest BCUT2D eigenvalue weighted by Gasteiger charge is -2.25. The normalized spacial score (nSPS) is 16.5. The van der Waals surface area contributed by atoms with E-state index in [4.69, 9.17) is 4.74 Å². The third-order valence-electron chi connectivity index (χ3n) is 3.67. The molecule has 112 valence electrons. The molecule has 1 aliphatic rings. The van der Waals surface area contributed by atoms with E-state index in [2.05, 4.69) is 49.2 Å². The number of nitrogens with zero attached hydrogens (tertiary/aromatic N) is 1. The Bertz CT molecular complexity index is 409. The van der Waals surface area contributed by atoms with Crippen molar-refractivity contribution in [1.29, 1.82) is 0 Å². The highest BCUT2D eigenvalue weighted by molar-refractivity contribution is 5.55. The lowest BCUT2D eigenvalue weighted by molar-refractivity contribution is 0.152. The van der Waals surface area contributed by atoms with Crippen LogP contribution in [0.3, 0.4) is 0 Å². The number of ether oxygens (including phenoxy) is 1. The highest BCUT2D eigenvalue weighted by Gasteiger charge is 2.13. The Hall–Kier alpha value is -1.06. The standard InChI is InChI=1S/C17H28N2O/c1-14(2)12-18-13-16-11-15(3)5-6-17(16)19-7-4-9-20-10-8-19/h5-6,11,14,18H,4,7-10,12-13H2,1-3H3. The molecule has 1 heterocycles. The van der Waals surface area contributed by atoms with Gasteiger partial charge in [0.1, 0.15) is 0 Å². The fraction of sp³-hybridized carbons (Fsp3) is 0.647. The first-order chi connectivity index (χ1) is 9.66. The van der Waals surface area contributed by atoms with E-state index >= 15 is 0 Å². The van der Waals surface area contributed by atoms with E-state index < -0.39 is 0 Å². The van der Waals surface area contributed by atoms with Crippen LogP contribution < -0.4 is 10.2 Å². The van der Waals surface area contributed by atoms with Crippen LogP contribution in [0.5, 0.6) is 0 Å². The maximum Gasteiger partial charge on any atom is 0.0641 e. The average molecular weight is 276 g/mol. The first kappa shape index (κ1) is 15.3. The quantitative estimate of drug-likeness (QED) is 0.895. The van der Waals surface area contributed by atoms with Gasteiger partial charge in [-0.25, -0.2) is 0 Å². The molecule has 0 saturated carbocycles. The van der Waals surface area contributed by atoms with Crippen LogP contribution in [0.4, 0.5) is 5.69 Å². The Morgan fingerprint density at radius 3 is 2.90 bits per heavy atom. The molecule has 0 bridgehead atoms. The molecule has 0 aliphatic carbocycles. The summed E-state index contributed by atoms with van der Waals surface area (Å²) >= 11 is 0. The zero-order valence-corrected chi connectivity index (χ0v) is 13.1. The Kier molecular flexibility index (Phi) is 5.86. The molecule has 1 aliphatic heterocycles. The second-order valence-corrected chi connectivity index (χ2v) is 6.11. The lowest BCUT2D eigenvalue weighted by Crippen LogP contribution is -2.28. The van der Waals surface area contributed by atoms with E-state index in [1.165, 1.54) is 16.8 Å². The zero-order chi connectivity index (χ0) is 14.4. The van der Waals surface area contributed by atoms with Gasteiger partial charge in [-0.1, -0.05) is 31.5 Å². The summed E-state index contributed by atoms with van der Waals surface area (Å²) in [6, 6.07) is 6.80. The fourth-order valence-corrected chi connectivity index (χ4v) is 2.65. The largest absolute Gasteiger partial charge is 0.380 e.